The molecule has 1 fully saturated rings. The third-order valence-electron chi connectivity index (χ3n) is 5.83. The summed E-state index contributed by atoms with van der Waals surface area (Å²) >= 11 is 1.36. The molecule has 166 valence electrons. The van der Waals surface area contributed by atoms with Crippen LogP contribution in [-0.2, 0) is 0 Å². The van der Waals surface area contributed by atoms with Crippen molar-refractivity contribution in [1.29, 1.82) is 0 Å². The van der Waals surface area contributed by atoms with Crippen LogP contribution in [0, 0.1) is 10.1 Å². The Morgan fingerprint density at radius 3 is 2.56 bits per heavy atom. The van der Waals surface area contributed by atoms with Gasteiger partial charge in [-0.05, 0) is 24.2 Å². The van der Waals surface area contributed by atoms with Gasteiger partial charge in [-0.2, -0.15) is 9.50 Å². The molecule has 1 aliphatic rings. The number of fused-ring (bicyclic) bond motifs is 1. The SMILES string of the molecule is CCN1CCN([C@@H](c2ccc([N+](=O)[O-])cc2)c2sc3nc(-c4ccco4)nn3c2O)CC1. The third kappa shape index (κ3) is 3.64. The maximum absolute atomic E-state index is 11.1. The molecule has 0 amide bonds. The van der Waals surface area contributed by atoms with E-state index in [0.717, 1.165) is 38.3 Å². The molecule has 5 rings (SSSR count). The summed E-state index contributed by atoms with van der Waals surface area (Å²) in [5, 5.41) is 26.6. The van der Waals surface area contributed by atoms with Crippen LogP contribution in [0.3, 0.4) is 0 Å². The standard InChI is InChI=1S/C21H22N6O4S/c1-2-24-9-11-25(12-10-24)17(14-5-7-15(8-6-14)27(29)30)18-20(28)26-21(32-18)22-19(23-26)16-4-3-13-31-16/h3-8,13,17,28H,2,9-12H2,1H3/t17-/m0/s1. The van der Waals surface area contributed by atoms with Crippen molar-refractivity contribution in [1.82, 2.24) is 24.4 Å². The molecule has 1 aliphatic heterocycles. The van der Waals surface area contributed by atoms with Crippen molar-refractivity contribution < 1.29 is 14.4 Å². The Hall–Kier alpha value is -3.28. The minimum Gasteiger partial charge on any atom is -0.492 e. The van der Waals surface area contributed by atoms with Gasteiger partial charge in [0.15, 0.2) is 5.76 Å². The fourth-order valence-corrected chi connectivity index (χ4v) is 5.20. The Morgan fingerprint density at radius 2 is 1.97 bits per heavy atom. The topological polar surface area (TPSA) is 113 Å². The summed E-state index contributed by atoms with van der Waals surface area (Å²) in [6.45, 7) is 6.62. The number of aromatic hydroxyl groups is 1. The molecule has 1 N–H and O–H groups in total. The lowest BCUT2D eigenvalue weighted by Gasteiger charge is -2.38. The van der Waals surface area contributed by atoms with Gasteiger partial charge in [-0.1, -0.05) is 30.4 Å². The first-order chi connectivity index (χ1) is 15.5. The van der Waals surface area contributed by atoms with Crippen LogP contribution in [0.4, 0.5) is 5.69 Å². The number of piperazine rings is 1. The van der Waals surface area contributed by atoms with Crippen molar-refractivity contribution in [3.05, 3.63) is 63.2 Å². The van der Waals surface area contributed by atoms with Crippen LogP contribution in [0.1, 0.15) is 23.4 Å². The van der Waals surface area contributed by atoms with E-state index in [1.54, 1.807) is 30.5 Å². The molecule has 0 spiro atoms. The number of likely N-dealkylation sites (N-methyl/N-ethyl adjacent to an activating group) is 1. The summed E-state index contributed by atoms with van der Waals surface area (Å²) in [4.78, 5) is 21.2. The number of non-ortho nitro benzene ring substituents is 1. The van der Waals surface area contributed by atoms with Gasteiger partial charge >= 0.3 is 0 Å². The molecule has 0 unspecified atom stereocenters. The summed E-state index contributed by atoms with van der Waals surface area (Å²) in [5.41, 5.74) is 0.921. The quantitative estimate of drug-likeness (QED) is 0.348. The van der Waals surface area contributed by atoms with E-state index in [1.165, 1.54) is 28.0 Å². The van der Waals surface area contributed by atoms with Crippen LogP contribution < -0.4 is 0 Å². The van der Waals surface area contributed by atoms with Gasteiger partial charge in [0.05, 0.1) is 22.1 Å². The average Bonchev–Trinajstić information content (AvgIpc) is 3.54. The van der Waals surface area contributed by atoms with Gasteiger partial charge < -0.3 is 14.4 Å². The number of nitro groups is 1. The van der Waals surface area contributed by atoms with Crippen LogP contribution in [0.15, 0.2) is 47.1 Å². The van der Waals surface area contributed by atoms with E-state index in [-0.39, 0.29) is 17.6 Å². The Morgan fingerprint density at radius 1 is 1.22 bits per heavy atom. The van der Waals surface area contributed by atoms with Crippen molar-refractivity contribution >= 4 is 22.0 Å². The summed E-state index contributed by atoms with van der Waals surface area (Å²) in [5.74, 6) is 0.965. The second kappa shape index (κ2) is 8.34. The lowest BCUT2D eigenvalue weighted by atomic mass is 10.0. The number of rotatable bonds is 6. The minimum atomic E-state index is -0.407. The highest BCUT2D eigenvalue weighted by Crippen LogP contribution is 2.41. The summed E-state index contributed by atoms with van der Waals surface area (Å²) in [6.07, 6.45) is 1.55. The first-order valence-corrected chi connectivity index (χ1v) is 11.2. The van der Waals surface area contributed by atoms with Crippen molar-refractivity contribution in [3.8, 4) is 17.5 Å². The highest BCUT2D eigenvalue weighted by Gasteiger charge is 2.32. The van der Waals surface area contributed by atoms with Crippen LogP contribution in [0.5, 0.6) is 5.88 Å². The second-order valence-corrected chi connectivity index (χ2v) is 8.63. The van der Waals surface area contributed by atoms with Crippen molar-refractivity contribution in [2.45, 2.75) is 13.0 Å². The third-order valence-corrected chi connectivity index (χ3v) is 6.90. The lowest BCUT2D eigenvalue weighted by Crippen LogP contribution is -2.47. The molecule has 1 atom stereocenters. The zero-order chi connectivity index (χ0) is 22.2. The van der Waals surface area contributed by atoms with Gasteiger partial charge in [0.2, 0.25) is 16.7 Å². The maximum Gasteiger partial charge on any atom is 0.269 e. The van der Waals surface area contributed by atoms with E-state index in [9.17, 15) is 15.2 Å². The number of nitro benzene ring substituents is 1. The molecule has 10 nitrogen and oxygen atoms in total. The van der Waals surface area contributed by atoms with Crippen molar-refractivity contribution in [3.63, 3.8) is 0 Å². The molecule has 0 radical (unpaired) electrons. The van der Waals surface area contributed by atoms with Crippen molar-refractivity contribution in [2.24, 2.45) is 0 Å². The molecule has 0 bridgehead atoms. The summed E-state index contributed by atoms with van der Waals surface area (Å²) in [7, 11) is 0. The number of hydrogen-bond donors (Lipinski definition) is 1. The Labute approximate surface area is 187 Å². The van der Waals surface area contributed by atoms with E-state index in [2.05, 4.69) is 26.8 Å². The fraction of sp³-hybridized carbons (Fsp3) is 0.333. The zero-order valence-corrected chi connectivity index (χ0v) is 18.2. The molecule has 11 heteroatoms. The molecular weight excluding hydrogens is 432 g/mol. The number of furan rings is 1. The van der Waals surface area contributed by atoms with E-state index >= 15 is 0 Å². The van der Waals surface area contributed by atoms with E-state index < -0.39 is 4.92 Å². The molecule has 3 aromatic heterocycles. The highest BCUT2D eigenvalue weighted by molar-refractivity contribution is 7.17. The Bertz CT molecular complexity index is 1230. The van der Waals surface area contributed by atoms with Gasteiger partial charge in [0, 0.05) is 38.3 Å². The highest BCUT2D eigenvalue weighted by atomic mass is 32.1. The van der Waals surface area contributed by atoms with Crippen LogP contribution in [0.25, 0.3) is 16.5 Å². The van der Waals surface area contributed by atoms with Crippen LogP contribution in [0.2, 0.25) is 0 Å². The fourth-order valence-electron chi connectivity index (χ4n) is 4.08. The largest absolute Gasteiger partial charge is 0.492 e. The molecule has 32 heavy (non-hydrogen) atoms. The van der Waals surface area contributed by atoms with Crippen LogP contribution in [-0.4, -0.2) is 67.2 Å². The average molecular weight is 455 g/mol. The van der Waals surface area contributed by atoms with E-state index in [0.29, 0.717) is 21.4 Å². The Kier molecular flexibility index (Phi) is 5.37. The number of thiazole rings is 1. The van der Waals surface area contributed by atoms with Gasteiger partial charge in [-0.15, -0.1) is 5.10 Å². The second-order valence-electron chi connectivity index (χ2n) is 7.62. The number of nitrogens with zero attached hydrogens (tertiary/aromatic N) is 6. The number of benzene rings is 1. The number of aromatic nitrogens is 3. The van der Waals surface area contributed by atoms with Gasteiger partial charge in [0.25, 0.3) is 5.69 Å². The normalized spacial score (nSPS) is 16.5. The van der Waals surface area contributed by atoms with Crippen LogP contribution >= 0.6 is 11.3 Å². The monoisotopic (exact) mass is 454 g/mol. The first-order valence-electron chi connectivity index (χ1n) is 10.4. The van der Waals surface area contributed by atoms with Gasteiger partial charge in [0.1, 0.15) is 0 Å². The van der Waals surface area contributed by atoms with Gasteiger partial charge in [-0.3, -0.25) is 15.0 Å². The summed E-state index contributed by atoms with van der Waals surface area (Å²) < 4.78 is 6.80. The summed E-state index contributed by atoms with van der Waals surface area (Å²) in [6, 6.07) is 9.81. The molecule has 1 saturated heterocycles. The maximum atomic E-state index is 11.1. The molecule has 0 saturated carbocycles. The molecule has 1 aromatic carbocycles. The zero-order valence-electron chi connectivity index (χ0n) is 17.4. The lowest BCUT2D eigenvalue weighted by molar-refractivity contribution is -0.384. The van der Waals surface area contributed by atoms with E-state index in [1.807, 2.05) is 0 Å². The Balaban J connectivity index is 1.55. The smallest absolute Gasteiger partial charge is 0.269 e. The molecule has 0 aliphatic carbocycles. The van der Waals surface area contributed by atoms with Gasteiger partial charge in [-0.25, -0.2) is 0 Å². The van der Waals surface area contributed by atoms with E-state index in [4.69, 9.17) is 4.42 Å². The first kappa shape index (κ1) is 20.6. The predicted molar refractivity (Wildman–Crippen MR) is 119 cm³/mol. The molecule has 4 aromatic rings. The predicted octanol–water partition coefficient (Wildman–Crippen LogP) is 3.39. The molecule has 4 heterocycles. The van der Waals surface area contributed by atoms with Crippen molar-refractivity contribution in [2.75, 3.05) is 32.7 Å². The molecular formula is C21H22N6O4S. The number of hydrogen-bond acceptors (Lipinski definition) is 9. The minimum absolute atomic E-state index is 0.0246.